The topological polar surface area (TPSA) is 97.7 Å². The first kappa shape index (κ1) is 20.7. The van der Waals surface area contributed by atoms with Gasteiger partial charge in [0.1, 0.15) is 17.8 Å². The molecule has 0 aromatic rings. The second-order valence-corrected chi connectivity index (χ2v) is 9.59. The van der Waals surface area contributed by atoms with Crippen molar-refractivity contribution in [2.45, 2.75) is 72.8 Å². The monoisotopic (exact) mass is 390 g/mol. The number of carboxylic acids is 1. The van der Waals surface area contributed by atoms with Gasteiger partial charge in [0, 0.05) is 24.3 Å². The number of aldehydes is 1. The Balaban J connectivity index is 2.09. The summed E-state index contributed by atoms with van der Waals surface area (Å²) in [5.41, 5.74) is -0.869. The van der Waals surface area contributed by atoms with E-state index in [2.05, 4.69) is 13.8 Å². The van der Waals surface area contributed by atoms with E-state index in [1.807, 2.05) is 0 Å². The summed E-state index contributed by atoms with van der Waals surface area (Å²) in [6.07, 6.45) is 2.86. The van der Waals surface area contributed by atoms with Crippen LogP contribution in [0.2, 0.25) is 0 Å². The van der Waals surface area contributed by atoms with Gasteiger partial charge in [-0.2, -0.15) is 0 Å². The Kier molecular flexibility index (Phi) is 4.84. The highest BCUT2D eigenvalue weighted by molar-refractivity contribution is 6.04. The summed E-state index contributed by atoms with van der Waals surface area (Å²) >= 11 is 0. The minimum Gasteiger partial charge on any atom is -0.481 e. The van der Waals surface area contributed by atoms with Crippen LogP contribution in [0.5, 0.6) is 0 Å². The van der Waals surface area contributed by atoms with Crippen LogP contribution < -0.4 is 0 Å². The molecule has 154 valence electrons. The molecule has 3 rings (SSSR count). The van der Waals surface area contributed by atoms with Crippen molar-refractivity contribution in [3.8, 4) is 0 Å². The summed E-state index contributed by atoms with van der Waals surface area (Å²) in [4.78, 5) is 48.3. The minimum atomic E-state index is -1.20. The Hall–Kier alpha value is -1.98. The largest absolute Gasteiger partial charge is 0.481 e. The molecule has 6 heteroatoms. The molecule has 6 unspecified atom stereocenters. The van der Waals surface area contributed by atoms with Crippen molar-refractivity contribution in [3.05, 3.63) is 11.1 Å². The second kappa shape index (κ2) is 6.53. The van der Waals surface area contributed by atoms with E-state index in [0.717, 1.165) is 6.29 Å². The third-order valence-corrected chi connectivity index (χ3v) is 8.23. The van der Waals surface area contributed by atoms with Crippen LogP contribution in [0.15, 0.2) is 11.1 Å². The van der Waals surface area contributed by atoms with Gasteiger partial charge >= 0.3 is 11.9 Å². The molecule has 0 radical (unpaired) electrons. The zero-order valence-electron chi connectivity index (χ0n) is 17.3. The highest BCUT2D eigenvalue weighted by Gasteiger charge is 2.68. The Morgan fingerprint density at radius 1 is 1.11 bits per heavy atom. The van der Waals surface area contributed by atoms with Crippen LogP contribution in [0.1, 0.15) is 66.7 Å². The van der Waals surface area contributed by atoms with Gasteiger partial charge in [0.15, 0.2) is 5.78 Å². The number of hydrogen-bond acceptors (Lipinski definition) is 5. The van der Waals surface area contributed by atoms with E-state index in [4.69, 9.17) is 4.74 Å². The number of ketones is 1. The highest BCUT2D eigenvalue weighted by Crippen LogP contribution is 2.69. The molecule has 0 aromatic heterocycles. The lowest BCUT2D eigenvalue weighted by Crippen LogP contribution is -2.61. The van der Waals surface area contributed by atoms with Crippen LogP contribution in [0.25, 0.3) is 0 Å². The summed E-state index contributed by atoms with van der Waals surface area (Å²) in [5.74, 6) is -1.64. The van der Waals surface area contributed by atoms with Crippen LogP contribution in [-0.2, 0) is 23.9 Å². The number of allylic oxidation sites excluding steroid dienone is 2. The molecule has 0 saturated heterocycles. The fraction of sp³-hybridized carbons (Fsp3) is 0.727. The number of carbonyl (C=O) groups is 4. The zero-order valence-corrected chi connectivity index (χ0v) is 17.3. The van der Waals surface area contributed by atoms with Crippen molar-refractivity contribution >= 4 is 24.0 Å². The first-order valence-corrected chi connectivity index (χ1v) is 10.0. The van der Waals surface area contributed by atoms with Crippen LogP contribution in [0.3, 0.4) is 0 Å². The normalized spacial score (nSPS) is 44.3. The van der Waals surface area contributed by atoms with Crippen molar-refractivity contribution in [1.82, 2.24) is 0 Å². The Bertz CT molecular complexity index is 782. The van der Waals surface area contributed by atoms with Gasteiger partial charge in [-0.15, -0.1) is 0 Å². The molecule has 3 saturated carbocycles. The summed E-state index contributed by atoms with van der Waals surface area (Å²) in [5, 5.41) is 10.2. The number of carbonyl (C=O) groups excluding carboxylic acids is 3. The Morgan fingerprint density at radius 2 is 1.75 bits per heavy atom. The summed E-state index contributed by atoms with van der Waals surface area (Å²) in [6.45, 7) is 8.85. The van der Waals surface area contributed by atoms with Crippen molar-refractivity contribution in [2.75, 3.05) is 0 Å². The molecule has 6 nitrogen and oxygen atoms in total. The molecule has 6 atom stereocenters. The maximum absolute atomic E-state index is 12.9. The van der Waals surface area contributed by atoms with E-state index < -0.39 is 28.9 Å². The second-order valence-electron chi connectivity index (χ2n) is 9.59. The SMILES string of the molecule is CC(=O)OC1CCC2(C)C3CC(=O)C(=C(C)C=O)C3(C)CCC2C1(C)C(=O)O. The molecule has 28 heavy (non-hydrogen) atoms. The first-order chi connectivity index (χ1) is 12.9. The van der Waals surface area contributed by atoms with Crippen molar-refractivity contribution < 1.29 is 29.0 Å². The molecule has 1 N–H and O–H groups in total. The molecule has 0 spiro atoms. The van der Waals surface area contributed by atoms with Crippen molar-refractivity contribution in [2.24, 2.45) is 28.1 Å². The predicted molar refractivity (Wildman–Crippen MR) is 101 cm³/mol. The molecule has 0 amide bonds. The van der Waals surface area contributed by atoms with Gasteiger partial charge in [0.05, 0.1) is 0 Å². The van der Waals surface area contributed by atoms with Gasteiger partial charge in [-0.1, -0.05) is 13.8 Å². The smallest absolute Gasteiger partial charge is 0.313 e. The van der Waals surface area contributed by atoms with E-state index in [1.54, 1.807) is 13.8 Å². The van der Waals surface area contributed by atoms with E-state index in [9.17, 15) is 24.3 Å². The van der Waals surface area contributed by atoms with Gasteiger partial charge in [0.25, 0.3) is 0 Å². The van der Waals surface area contributed by atoms with Gasteiger partial charge < -0.3 is 9.84 Å². The van der Waals surface area contributed by atoms with Gasteiger partial charge in [-0.25, -0.2) is 0 Å². The van der Waals surface area contributed by atoms with Crippen LogP contribution in [-0.4, -0.2) is 35.2 Å². The molecule has 0 aromatic carbocycles. The molecular formula is C22H30O6. The molecule has 0 bridgehead atoms. The summed E-state index contributed by atoms with van der Waals surface area (Å²) < 4.78 is 5.45. The zero-order chi connectivity index (χ0) is 21.1. The summed E-state index contributed by atoms with van der Waals surface area (Å²) in [7, 11) is 0. The van der Waals surface area contributed by atoms with Gasteiger partial charge in [-0.05, 0) is 62.4 Å². The fourth-order valence-corrected chi connectivity index (χ4v) is 6.98. The number of esters is 1. The fourth-order valence-electron chi connectivity index (χ4n) is 6.98. The minimum absolute atomic E-state index is 0.0121. The predicted octanol–water partition coefficient (Wildman–Crippen LogP) is 3.33. The maximum Gasteiger partial charge on any atom is 0.313 e. The van der Waals surface area contributed by atoms with Crippen molar-refractivity contribution in [1.29, 1.82) is 0 Å². The van der Waals surface area contributed by atoms with Crippen LogP contribution in [0.4, 0.5) is 0 Å². The van der Waals surface area contributed by atoms with E-state index in [-0.39, 0.29) is 23.0 Å². The average Bonchev–Trinajstić information content (AvgIpc) is 2.88. The third kappa shape index (κ3) is 2.60. The number of ether oxygens (including phenoxy) is 1. The van der Waals surface area contributed by atoms with Crippen molar-refractivity contribution in [3.63, 3.8) is 0 Å². The van der Waals surface area contributed by atoms with Crippen LogP contribution >= 0.6 is 0 Å². The number of Topliss-reactive ketones (excluding diaryl/α,β-unsaturated/α-hetero) is 1. The van der Waals surface area contributed by atoms with E-state index >= 15 is 0 Å². The van der Waals surface area contributed by atoms with E-state index in [1.165, 1.54) is 6.92 Å². The number of rotatable bonds is 3. The molecule has 0 heterocycles. The lowest BCUT2D eigenvalue weighted by atomic mass is 9.42. The lowest BCUT2D eigenvalue weighted by molar-refractivity contribution is -0.204. The van der Waals surface area contributed by atoms with Crippen LogP contribution in [0, 0.1) is 28.1 Å². The lowest BCUT2D eigenvalue weighted by Gasteiger charge is -2.61. The van der Waals surface area contributed by atoms with E-state index in [0.29, 0.717) is 43.3 Å². The molecule has 0 aliphatic heterocycles. The first-order valence-electron chi connectivity index (χ1n) is 10.0. The third-order valence-electron chi connectivity index (χ3n) is 8.23. The Labute approximate surface area is 165 Å². The molecule has 3 aliphatic carbocycles. The van der Waals surface area contributed by atoms with Gasteiger partial charge in [-0.3, -0.25) is 19.2 Å². The molecule has 3 fully saturated rings. The standard InChI is InChI=1S/C22H30O6/c1-12(11-23)18-14(25)10-16-20(3)9-7-17(28-13(2)24)22(5,19(26)27)15(20)6-8-21(16,18)4/h11,15-17H,6-10H2,1-5H3,(H,26,27). The number of aliphatic carboxylic acids is 1. The number of fused-ring (bicyclic) bond motifs is 3. The maximum atomic E-state index is 12.9. The Morgan fingerprint density at radius 3 is 2.29 bits per heavy atom. The van der Waals surface area contributed by atoms with Gasteiger partial charge in [0.2, 0.25) is 0 Å². The molecular weight excluding hydrogens is 360 g/mol. The average molecular weight is 390 g/mol. The highest BCUT2D eigenvalue weighted by atomic mass is 16.5. The summed E-state index contributed by atoms with van der Waals surface area (Å²) in [6, 6.07) is 0. The number of carboxylic acid groups (broad SMARTS) is 1. The quantitative estimate of drug-likeness (QED) is 0.451. The molecule has 3 aliphatic rings. The number of hydrogen-bond donors (Lipinski definition) is 1.